The molecule has 0 amide bonds. The molecule has 1 aromatic rings. The first-order valence-corrected chi connectivity index (χ1v) is 7.11. The predicted octanol–water partition coefficient (Wildman–Crippen LogP) is 0.861. The molecule has 1 fully saturated rings. The number of rotatable bonds is 2. The third-order valence-electron chi connectivity index (χ3n) is 3.21. The predicted molar refractivity (Wildman–Crippen MR) is 72.0 cm³/mol. The van der Waals surface area contributed by atoms with Crippen molar-refractivity contribution in [1.82, 2.24) is 9.29 Å². The molecule has 0 aromatic carbocycles. The van der Waals surface area contributed by atoms with Crippen LogP contribution in [-0.4, -0.2) is 36.8 Å². The van der Waals surface area contributed by atoms with Gasteiger partial charge in [0.05, 0.1) is 0 Å². The van der Waals surface area contributed by atoms with Gasteiger partial charge in [-0.1, -0.05) is 6.92 Å². The minimum absolute atomic E-state index is 0. The minimum Gasteiger partial charge on any atom is -0.327 e. The highest BCUT2D eigenvalue weighted by Crippen LogP contribution is 2.22. The molecule has 2 atom stereocenters. The molecule has 7 heteroatoms. The van der Waals surface area contributed by atoms with Gasteiger partial charge in [0.2, 0.25) is 10.0 Å². The topological polar surface area (TPSA) is 76.3 Å². The first kappa shape index (κ1) is 15.4. The Morgan fingerprint density at radius 2 is 2.22 bits per heavy atom. The van der Waals surface area contributed by atoms with Crippen LogP contribution >= 0.6 is 12.4 Å². The molecule has 0 spiro atoms. The monoisotopic (exact) mass is 291 g/mol. The zero-order chi connectivity index (χ0) is 12.5. The number of nitrogens with two attached hydrogens (primary N) is 1. The summed E-state index contributed by atoms with van der Waals surface area (Å²) in [5, 5.41) is 0. The molecule has 0 radical (unpaired) electrons. The van der Waals surface area contributed by atoms with Crippen LogP contribution in [0.1, 0.15) is 13.3 Å². The fraction of sp³-hybridized carbons (Fsp3) is 0.545. The molecular formula is C11H18ClN3O2S. The van der Waals surface area contributed by atoms with Gasteiger partial charge in [-0.05, 0) is 24.5 Å². The first-order chi connectivity index (χ1) is 8.01. The molecule has 2 heterocycles. The van der Waals surface area contributed by atoms with E-state index in [-0.39, 0.29) is 29.3 Å². The van der Waals surface area contributed by atoms with Gasteiger partial charge in [-0.15, -0.1) is 12.4 Å². The Labute approximate surface area is 114 Å². The summed E-state index contributed by atoms with van der Waals surface area (Å²) in [6.07, 6.45) is 3.66. The zero-order valence-electron chi connectivity index (χ0n) is 10.2. The maximum Gasteiger partial charge on any atom is 0.244 e. The van der Waals surface area contributed by atoms with E-state index in [0.29, 0.717) is 19.5 Å². The van der Waals surface area contributed by atoms with E-state index in [1.54, 1.807) is 18.3 Å². The van der Waals surface area contributed by atoms with E-state index in [1.165, 1.54) is 10.5 Å². The van der Waals surface area contributed by atoms with E-state index in [2.05, 4.69) is 4.98 Å². The highest BCUT2D eigenvalue weighted by Gasteiger charge is 2.31. The number of nitrogens with zero attached hydrogens (tertiary/aromatic N) is 2. The second kappa shape index (κ2) is 5.97. The normalized spacial score (nSPS) is 25.4. The van der Waals surface area contributed by atoms with Crippen LogP contribution in [0.15, 0.2) is 29.4 Å². The van der Waals surface area contributed by atoms with Gasteiger partial charge in [-0.3, -0.25) is 4.98 Å². The average molecular weight is 292 g/mol. The Morgan fingerprint density at radius 1 is 1.50 bits per heavy atom. The van der Waals surface area contributed by atoms with Crippen LogP contribution < -0.4 is 5.73 Å². The van der Waals surface area contributed by atoms with Crippen LogP contribution in [0.5, 0.6) is 0 Å². The number of halogens is 1. The van der Waals surface area contributed by atoms with E-state index in [0.717, 1.165) is 0 Å². The van der Waals surface area contributed by atoms with Crippen molar-refractivity contribution < 1.29 is 8.42 Å². The molecule has 1 aliphatic heterocycles. The molecule has 0 saturated carbocycles. The quantitative estimate of drug-likeness (QED) is 0.877. The number of hydrogen-bond acceptors (Lipinski definition) is 4. The Bertz CT molecular complexity index is 480. The average Bonchev–Trinajstić information content (AvgIpc) is 2.33. The van der Waals surface area contributed by atoms with E-state index in [9.17, 15) is 8.42 Å². The number of piperidine rings is 1. The van der Waals surface area contributed by atoms with Gasteiger partial charge in [0.25, 0.3) is 0 Å². The van der Waals surface area contributed by atoms with Gasteiger partial charge in [-0.25, -0.2) is 8.42 Å². The van der Waals surface area contributed by atoms with Crippen LogP contribution in [0.3, 0.4) is 0 Å². The third-order valence-corrected chi connectivity index (χ3v) is 5.06. The van der Waals surface area contributed by atoms with Gasteiger partial charge >= 0.3 is 0 Å². The molecule has 5 nitrogen and oxygen atoms in total. The maximum atomic E-state index is 12.3. The van der Waals surface area contributed by atoms with Crippen LogP contribution in [0, 0.1) is 5.92 Å². The van der Waals surface area contributed by atoms with Crippen molar-refractivity contribution in [1.29, 1.82) is 0 Å². The highest BCUT2D eigenvalue weighted by atomic mass is 35.5. The van der Waals surface area contributed by atoms with Gasteiger partial charge in [0, 0.05) is 31.5 Å². The molecule has 1 aromatic heterocycles. The first-order valence-electron chi connectivity index (χ1n) is 5.67. The zero-order valence-corrected chi connectivity index (χ0v) is 11.8. The van der Waals surface area contributed by atoms with Crippen molar-refractivity contribution in [3.8, 4) is 0 Å². The van der Waals surface area contributed by atoms with E-state index in [4.69, 9.17) is 5.73 Å². The second-order valence-electron chi connectivity index (χ2n) is 4.48. The van der Waals surface area contributed by atoms with Crippen LogP contribution in [0.4, 0.5) is 0 Å². The molecular weight excluding hydrogens is 274 g/mol. The van der Waals surface area contributed by atoms with Crippen molar-refractivity contribution in [3.05, 3.63) is 24.5 Å². The Balaban J connectivity index is 0.00000162. The summed E-state index contributed by atoms with van der Waals surface area (Å²) in [5.41, 5.74) is 5.89. The molecule has 2 unspecified atom stereocenters. The molecule has 1 aliphatic rings. The fourth-order valence-corrected chi connectivity index (χ4v) is 3.51. The molecule has 2 N–H and O–H groups in total. The molecule has 1 saturated heterocycles. The van der Waals surface area contributed by atoms with E-state index in [1.807, 2.05) is 6.92 Å². The Kier molecular flexibility index (Phi) is 5.10. The smallest absolute Gasteiger partial charge is 0.244 e. The SMILES string of the molecule is CC1CN(S(=O)(=O)c2cccnc2)CCC1N.Cl. The Morgan fingerprint density at radius 3 is 2.78 bits per heavy atom. The minimum atomic E-state index is -3.40. The van der Waals surface area contributed by atoms with E-state index < -0.39 is 10.0 Å². The number of aromatic nitrogens is 1. The number of sulfonamides is 1. The molecule has 0 aliphatic carbocycles. The van der Waals surface area contributed by atoms with Crippen molar-refractivity contribution in [2.75, 3.05) is 13.1 Å². The summed E-state index contributed by atoms with van der Waals surface area (Å²) < 4.78 is 26.1. The van der Waals surface area contributed by atoms with Crippen LogP contribution in [-0.2, 0) is 10.0 Å². The molecule has 102 valence electrons. The van der Waals surface area contributed by atoms with Crippen LogP contribution in [0.2, 0.25) is 0 Å². The summed E-state index contributed by atoms with van der Waals surface area (Å²) in [7, 11) is -3.40. The number of hydrogen-bond donors (Lipinski definition) is 1. The standard InChI is InChI=1S/C11H17N3O2S.ClH/c1-9-8-14(6-4-11(9)12)17(15,16)10-3-2-5-13-7-10;/h2-3,5,7,9,11H,4,6,8,12H2,1H3;1H. The highest BCUT2D eigenvalue weighted by molar-refractivity contribution is 7.89. The molecule has 2 rings (SSSR count). The van der Waals surface area contributed by atoms with Crippen molar-refractivity contribution in [2.45, 2.75) is 24.3 Å². The van der Waals surface area contributed by atoms with Crippen LogP contribution in [0.25, 0.3) is 0 Å². The lowest BCUT2D eigenvalue weighted by Crippen LogP contribution is -2.48. The summed E-state index contributed by atoms with van der Waals surface area (Å²) in [5.74, 6) is 0.190. The maximum absolute atomic E-state index is 12.3. The molecule has 18 heavy (non-hydrogen) atoms. The van der Waals surface area contributed by atoms with Crippen molar-refractivity contribution in [2.24, 2.45) is 11.7 Å². The lowest BCUT2D eigenvalue weighted by atomic mass is 9.96. The van der Waals surface area contributed by atoms with Crippen molar-refractivity contribution in [3.63, 3.8) is 0 Å². The third kappa shape index (κ3) is 3.00. The van der Waals surface area contributed by atoms with Gasteiger partial charge in [0.1, 0.15) is 4.90 Å². The van der Waals surface area contributed by atoms with Gasteiger partial charge in [0.15, 0.2) is 0 Å². The van der Waals surface area contributed by atoms with Gasteiger partial charge < -0.3 is 5.73 Å². The molecule has 0 bridgehead atoms. The second-order valence-corrected chi connectivity index (χ2v) is 6.42. The summed E-state index contributed by atoms with van der Waals surface area (Å²) in [6, 6.07) is 3.29. The number of pyridine rings is 1. The lowest BCUT2D eigenvalue weighted by Gasteiger charge is -2.34. The van der Waals surface area contributed by atoms with E-state index >= 15 is 0 Å². The summed E-state index contributed by atoms with van der Waals surface area (Å²) in [6.45, 7) is 2.96. The largest absolute Gasteiger partial charge is 0.327 e. The summed E-state index contributed by atoms with van der Waals surface area (Å²) >= 11 is 0. The lowest BCUT2D eigenvalue weighted by molar-refractivity contribution is 0.250. The van der Waals surface area contributed by atoms with Gasteiger partial charge in [-0.2, -0.15) is 4.31 Å². The fourth-order valence-electron chi connectivity index (χ4n) is 1.99. The summed E-state index contributed by atoms with van der Waals surface area (Å²) in [4.78, 5) is 4.10. The Hall–Kier alpha value is -0.690. The van der Waals surface area contributed by atoms with Crippen molar-refractivity contribution >= 4 is 22.4 Å².